The first kappa shape index (κ1) is 18.5. The minimum atomic E-state index is -4.53. The van der Waals surface area contributed by atoms with Gasteiger partial charge in [-0.25, -0.2) is 4.39 Å². The molecular formula is C23H19F4N. The quantitative estimate of drug-likeness (QED) is 0.471. The molecule has 5 heteroatoms. The van der Waals surface area contributed by atoms with Crippen molar-refractivity contribution in [2.24, 2.45) is 0 Å². The summed E-state index contributed by atoms with van der Waals surface area (Å²) in [7, 11) is 0. The van der Waals surface area contributed by atoms with Crippen molar-refractivity contribution in [3.05, 3.63) is 87.7 Å². The van der Waals surface area contributed by atoms with Gasteiger partial charge in [0, 0.05) is 0 Å². The van der Waals surface area contributed by atoms with Crippen LogP contribution in [-0.4, -0.2) is 0 Å². The molecule has 1 N–H and O–H groups in total. The predicted molar refractivity (Wildman–Crippen MR) is 103 cm³/mol. The number of nitrogens with one attached hydrogen (secondary N) is 1. The number of alkyl halides is 3. The van der Waals surface area contributed by atoms with Crippen LogP contribution >= 0.6 is 0 Å². The second-order valence-corrected chi connectivity index (χ2v) is 7.40. The molecule has 0 aliphatic heterocycles. The van der Waals surface area contributed by atoms with Crippen molar-refractivity contribution in [3.8, 4) is 11.1 Å². The summed E-state index contributed by atoms with van der Waals surface area (Å²) in [6.07, 6.45) is -4.53. The van der Waals surface area contributed by atoms with E-state index in [0.29, 0.717) is 0 Å². The highest BCUT2D eigenvalue weighted by molar-refractivity contribution is 5.82. The third kappa shape index (κ3) is 3.05. The van der Waals surface area contributed by atoms with Gasteiger partial charge in [-0.05, 0) is 66.8 Å². The Labute approximate surface area is 161 Å². The Bertz CT molecular complexity index is 1080. The van der Waals surface area contributed by atoms with Gasteiger partial charge in [0.1, 0.15) is 5.82 Å². The lowest BCUT2D eigenvalue weighted by atomic mass is 9.97. The van der Waals surface area contributed by atoms with Crippen molar-refractivity contribution in [3.63, 3.8) is 0 Å². The molecule has 1 aliphatic carbocycles. The summed E-state index contributed by atoms with van der Waals surface area (Å²) in [5.41, 5.74) is 6.12. The molecule has 144 valence electrons. The molecule has 0 saturated carbocycles. The Kier molecular flexibility index (Phi) is 4.21. The Morgan fingerprint density at radius 1 is 0.821 bits per heavy atom. The van der Waals surface area contributed by atoms with E-state index in [0.717, 1.165) is 57.1 Å². The van der Waals surface area contributed by atoms with Gasteiger partial charge in [0.2, 0.25) is 0 Å². The number of rotatable bonds is 2. The highest BCUT2D eigenvalue weighted by Gasteiger charge is 2.33. The molecule has 1 unspecified atom stereocenters. The van der Waals surface area contributed by atoms with E-state index in [2.05, 4.69) is 11.4 Å². The van der Waals surface area contributed by atoms with Crippen molar-refractivity contribution in [2.75, 3.05) is 5.32 Å². The van der Waals surface area contributed by atoms with Gasteiger partial charge in [-0.2, -0.15) is 13.2 Å². The van der Waals surface area contributed by atoms with E-state index in [4.69, 9.17) is 0 Å². The highest BCUT2D eigenvalue weighted by atomic mass is 19.4. The van der Waals surface area contributed by atoms with E-state index < -0.39 is 23.6 Å². The average molecular weight is 385 g/mol. The summed E-state index contributed by atoms with van der Waals surface area (Å²) >= 11 is 0. The molecule has 0 fully saturated rings. The van der Waals surface area contributed by atoms with Crippen molar-refractivity contribution in [2.45, 2.75) is 33.0 Å². The first-order valence-corrected chi connectivity index (χ1v) is 9.00. The second kappa shape index (κ2) is 6.36. The summed E-state index contributed by atoms with van der Waals surface area (Å²) < 4.78 is 53.7. The first-order valence-electron chi connectivity index (χ1n) is 9.00. The lowest BCUT2D eigenvalue weighted by Gasteiger charge is -2.21. The van der Waals surface area contributed by atoms with E-state index in [1.165, 1.54) is 0 Å². The van der Waals surface area contributed by atoms with E-state index in [1.807, 2.05) is 45.0 Å². The molecular weight excluding hydrogens is 366 g/mol. The zero-order valence-corrected chi connectivity index (χ0v) is 15.7. The lowest BCUT2D eigenvalue weighted by Crippen LogP contribution is -2.13. The van der Waals surface area contributed by atoms with Gasteiger partial charge in [-0.15, -0.1) is 0 Å². The van der Waals surface area contributed by atoms with Crippen LogP contribution in [0.25, 0.3) is 11.1 Å². The monoisotopic (exact) mass is 385 g/mol. The minimum absolute atomic E-state index is 0.153. The number of halogens is 4. The molecule has 1 aliphatic rings. The highest BCUT2D eigenvalue weighted by Crippen LogP contribution is 2.47. The Morgan fingerprint density at radius 3 is 2.29 bits per heavy atom. The van der Waals surface area contributed by atoms with Gasteiger partial charge in [0.15, 0.2) is 0 Å². The van der Waals surface area contributed by atoms with Crippen LogP contribution in [-0.2, 0) is 6.18 Å². The molecule has 0 spiro atoms. The van der Waals surface area contributed by atoms with E-state index in [1.54, 1.807) is 0 Å². The van der Waals surface area contributed by atoms with Crippen LogP contribution in [0.5, 0.6) is 0 Å². The molecule has 1 nitrogen and oxygen atoms in total. The molecule has 0 radical (unpaired) electrons. The Morgan fingerprint density at radius 2 is 1.57 bits per heavy atom. The van der Waals surface area contributed by atoms with Gasteiger partial charge in [-0.3, -0.25) is 0 Å². The number of hydrogen-bond acceptors (Lipinski definition) is 1. The summed E-state index contributed by atoms with van der Waals surface area (Å²) in [6, 6.07) is 12.2. The standard InChI is InChI=1S/C23H19F4N/c1-12-4-6-16-17-10-13(2)8-14(3)21(17)22(18(16)9-12)28-20-11-15(23(25,26)27)5-7-19(20)24/h4-11,22,28H,1-3H3. The number of hydrogen-bond donors (Lipinski definition) is 1. The number of fused-ring (bicyclic) bond motifs is 3. The number of anilines is 1. The van der Waals surface area contributed by atoms with Crippen LogP contribution in [0, 0.1) is 26.6 Å². The molecule has 1 atom stereocenters. The minimum Gasteiger partial charge on any atom is -0.372 e. The maximum Gasteiger partial charge on any atom is 0.416 e. The maximum atomic E-state index is 14.4. The summed E-state index contributed by atoms with van der Waals surface area (Å²) in [6.45, 7) is 5.94. The van der Waals surface area contributed by atoms with Gasteiger partial charge >= 0.3 is 6.18 Å². The zero-order valence-electron chi connectivity index (χ0n) is 15.7. The maximum absolute atomic E-state index is 14.4. The molecule has 0 saturated heterocycles. The molecule has 4 rings (SSSR count). The molecule has 0 amide bonds. The van der Waals surface area contributed by atoms with Crippen LogP contribution in [0.15, 0.2) is 48.5 Å². The summed E-state index contributed by atoms with van der Waals surface area (Å²) in [5, 5.41) is 3.05. The van der Waals surface area contributed by atoms with Gasteiger partial charge in [0.05, 0.1) is 17.3 Å². The third-order valence-electron chi connectivity index (χ3n) is 5.22. The fourth-order valence-corrected chi connectivity index (χ4v) is 4.02. The smallest absolute Gasteiger partial charge is 0.372 e. The summed E-state index contributed by atoms with van der Waals surface area (Å²) in [5.74, 6) is -0.708. The van der Waals surface area contributed by atoms with Gasteiger partial charge in [0.25, 0.3) is 0 Å². The van der Waals surface area contributed by atoms with E-state index in [-0.39, 0.29) is 5.69 Å². The fraction of sp³-hybridized carbons (Fsp3) is 0.217. The van der Waals surface area contributed by atoms with Crippen molar-refractivity contribution in [1.82, 2.24) is 0 Å². The Hall–Kier alpha value is -2.82. The molecule has 0 bridgehead atoms. The van der Waals surface area contributed by atoms with Gasteiger partial charge < -0.3 is 5.32 Å². The average Bonchev–Trinajstić information content (AvgIpc) is 2.89. The molecule has 3 aromatic rings. The van der Waals surface area contributed by atoms with E-state index in [9.17, 15) is 17.6 Å². The zero-order chi connectivity index (χ0) is 20.2. The lowest BCUT2D eigenvalue weighted by molar-refractivity contribution is -0.137. The molecule has 28 heavy (non-hydrogen) atoms. The number of aryl methyl sites for hydroxylation is 3. The van der Waals surface area contributed by atoms with Crippen LogP contribution in [0.1, 0.15) is 39.4 Å². The third-order valence-corrected chi connectivity index (χ3v) is 5.22. The molecule has 3 aromatic carbocycles. The normalized spacial score (nSPS) is 15.3. The van der Waals surface area contributed by atoms with Crippen molar-refractivity contribution < 1.29 is 17.6 Å². The molecule has 0 heterocycles. The van der Waals surface area contributed by atoms with Crippen LogP contribution in [0.2, 0.25) is 0 Å². The Balaban J connectivity index is 1.87. The van der Waals surface area contributed by atoms with Crippen LogP contribution in [0.3, 0.4) is 0 Å². The van der Waals surface area contributed by atoms with Crippen LogP contribution in [0.4, 0.5) is 23.2 Å². The predicted octanol–water partition coefficient (Wildman–Crippen LogP) is 6.95. The first-order chi connectivity index (χ1) is 13.1. The molecule has 0 aromatic heterocycles. The van der Waals surface area contributed by atoms with Crippen molar-refractivity contribution >= 4 is 5.69 Å². The SMILES string of the molecule is Cc1cc(C)c2c(c1)-c1ccc(C)cc1C2Nc1cc(C(F)(F)F)ccc1F. The largest absolute Gasteiger partial charge is 0.416 e. The summed E-state index contributed by atoms with van der Waals surface area (Å²) in [4.78, 5) is 0. The topological polar surface area (TPSA) is 12.0 Å². The fourth-order valence-electron chi connectivity index (χ4n) is 4.02. The van der Waals surface area contributed by atoms with Gasteiger partial charge in [-0.1, -0.05) is 41.5 Å². The number of benzene rings is 3. The van der Waals surface area contributed by atoms with Crippen LogP contribution < -0.4 is 5.32 Å². The van der Waals surface area contributed by atoms with E-state index >= 15 is 0 Å². The van der Waals surface area contributed by atoms with Crippen molar-refractivity contribution in [1.29, 1.82) is 0 Å². The second-order valence-electron chi connectivity index (χ2n) is 7.40.